The molecule has 0 fully saturated rings. The molecule has 7 heteroatoms. The molecule has 0 aliphatic carbocycles. The molecule has 0 spiro atoms. The van der Waals surface area contributed by atoms with E-state index in [-0.39, 0.29) is 18.2 Å². The summed E-state index contributed by atoms with van der Waals surface area (Å²) in [5.41, 5.74) is 0. The van der Waals surface area contributed by atoms with E-state index in [0.717, 1.165) is 0 Å². The number of methoxy groups -OCH3 is 1. The minimum Gasteiger partial charge on any atom is -0.467 e. The molecular weight excluding hydrogens is 280 g/mol. The molecule has 110 valence electrons. The second-order valence-electron chi connectivity index (χ2n) is 4.15. The van der Waals surface area contributed by atoms with Gasteiger partial charge in [-0.15, -0.1) is 11.3 Å². The molecule has 6 nitrogen and oxygen atoms in total. The lowest BCUT2D eigenvalue weighted by atomic mass is 10.2. The second kappa shape index (κ2) is 8.31. The highest BCUT2D eigenvalue weighted by Crippen LogP contribution is 2.07. The zero-order valence-electron chi connectivity index (χ0n) is 11.5. The van der Waals surface area contributed by atoms with Crippen LogP contribution in [-0.4, -0.2) is 37.5 Å². The molecule has 0 aromatic carbocycles. The number of rotatable bonds is 7. The minimum absolute atomic E-state index is 0.136. The molecule has 0 radical (unpaired) electrons. The van der Waals surface area contributed by atoms with E-state index in [0.29, 0.717) is 17.8 Å². The number of hydrogen-bond acceptors (Lipinski definition) is 5. The molecule has 1 aromatic heterocycles. The maximum atomic E-state index is 11.6. The third-order valence-electron chi connectivity index (χ3n) is 2.54. The first-order chi connectivity index (χ1) is 9.54. The average molecular weight is 298 g/mol. The van der Waals surface area contributed by atoms with Crippen LogP contribution in [0.2, 0.25) is 0 Å². The molecule has 0 saturated carbocycles. The molecule has 0 saturated heterocycles. The molecule has 1 aromatic rings. The van der Waals surface area contributed by atoms with Crippen LogP contribution < -0.4 is 10.6 Å². The summed E-state index contributed by atoms with van der Waals surface area (Å²) in [6.07, 6.45) is 0.753. The van der Waals surface area contributed by atoms with Gasteiger partial charge in [0.2, 0.25) is 5.91 Å². The molecule has 1 heterocycles. The Bertz CT molecular complexity index is 459. The quantitative estimate of drug-likeness (QED) is 0.579. The lowest BCUT2D eigenvalue weighted by Crippen LogP contribution is -2.39. The SMILES string of the molecule is COC(=O)C(C)NC(=O)CCCNC(=O)c1cccs1. The van der Waals surface area contributed by atoms with Crippen LogP contribution in [-0.2, 0) is 14.3 Å². The van der Waals surface area contributed by atoms with E-state index in [4.69, 9.17) is 0 Å². The van der Waals surface area contributed by atoms with Gasteiger partial charge in [-0.2, -0.15) is 0 Å². The summed E-state index contributed by atoms with van der Waals surface area (Å²) in [6, 6.07) is 2.89. The van der Waals surface area contributed by atoms with Crippen LogP contribution in [0.3, 0.4) is 0 Å². The summed E-state index contributed by atoms with van der Waals surface area (Å²) < 4.78 is 4.50. The van der Waals surface area contributed by atoms with Crippen molar-refractivity contribution in [3.05, 3.63) is 22.4 Å². The molecule has 2 amide bonds. The first kappa shape index (κ1) is 16.2. The van der Waals surface area contributed by atoms with Gasteiger partial charge in [-0.1, -0.05) is 6.07 Å². The fourth-order valence-electron chi connectivity index (χ4n) is 1.50. The summed E-state index contributed by atoms with van der Waals surface area (Å²) in [7, 11) is 1.27. The smallest absolute Gasteiger partial charge is 0.328 e. The van der Waals surface area contributed by atoms with Crippen molar-refractivity contribution in [2.24, 2.45) is 0 Å². The van der Waals surface area contributed by atoms with Gasteiger partial charge in [-0.25, -0.2) is 4.79 Å². The maximum absolute atomic E-state index is 11.6. The van der Waals surface area contributed by atoms with Crippen molar-refractivity contribution in [2.75, 3.05) is 13.7 Å². The van der Waals surface area contributed by atoms with Crippen LogP contribution in [0.15, 0.2) is 17.5 Å². The molecule has 0 aliphatic heterocycles. The van der Waals surface area contributed by atoms with Gasteiger partial charge in [0, 0.05) is 13.0 Å². The Kier molecular flexibility index (Phi) is 6.72. The van der Waals surface area contributed by atoms with E-state index in [1.54, 1.807) is 19.1 Å². The van der Waals surface area contributed by atoms with Crippen molar-refractivity contribution in [3.8, 4) is 0 Å². The van der Waals surface area contributed by atoms with Crippen LogP contribution >= 0.6 is 11.3 Å². The number of esters is 1. The van der Waals surface area contributed by atoms with Crippen molar-refractivity contribution in [1.29, 1.82) is 0 Å². The number of thiophene rings is 1. The molecule has 0 bridgehead atoms. The third-order valence-corrected chi connectivity index (χ3v) is 3.41. The van der Waals surface area contributed by atoms with Gasteiger partial charge in [-0.3, -0.25) is 9.59 Å². The lowest BCUT2D eigenvalue weighted by molar-refractivity contribution is -0.144. The molecule has 20 heavy (non-hydrogen) atoms. The summed E-state index contributed by atoms with van der Waals surface area (Å²) in [5.74, 6) is -0.860. The largest absolute Gasteiger partial charge is 0.467 e. The third kappa shape index (κ3) is 5.40. The van der Waals surface area contributed by atoms with E-state index < -0.39 is 12.0 Å². The fraction of sp³-hybridized carbons (Fsp3) is 0.462. The Balaban J connectivity index is 2.16. The van der Waals surface area contributed by atoms with Crippen molar-refractivity contribution in [2.45, 2.75) is 25.8 Å². The molecule has 1 unspecified atom stereocenters. The first-order valence-electron chi connectivity index (χ1n) is 6.23. The van der Waals surface area contributed by atoms with E-state index in [1.165, 1.54) is 18.4 Å². The predicted molar refractivity (Wildman–Crippen MR) is 75.5 cm³/mol. The zero-order valence-corrected chi connectivity index (χ0v) is 12.3. The molecule has 1 rings (SSSR count). The highest BCUT2D eigenvalue weighted by molar-refractivity contribution is 7.12. The van der Waals surface area contributed by atoms with Crippen LogP contribution in [0.5, 0.6) is 0 Å². The number of hydrogen-bond donors (Lipinski definition) is 2. The first-order valence-corrected chi connectivity index (χ1v) is 7.11. The van der Waals surface area contributed by atoms with Crippen LogP contribution in [0.1, 0.15) is 29.4 Å². The highest BCUT2D eigenvalue weighted by Gasteiger charge is 2.15. The second-order valence-corrected chi connectivity index (χ2v) is 5.10. The van der Waals surface area contributed by atoms with Gasteiger partial charge in [-0.05, 0) is 24.8 Å². The number of carbonyl (C=O) groups is 3. The van der Waals surface area contributed by atoms with Crippen LogP contribution in [0.4, 0.5) is 0 Å². The van der Waals surface area contributed by atoms with Gasteiger partial charge >= 0.3 is 5.97 Å². The zero-order chi connectivity index (χ0) is 15.0. The normalized spacial score (nSPS) is 11.5. The van der Waals surface area contributed by atoms with Crippen molar-refractivity contribution in [3.63, 3.8) is 0 Å². The molecule has 1 atom stereocenters. The Labute approximate surface area is 121 Å². The Morgan fingerprint density at radius 1 is 1.40 bits per heavy atom. The van der Waals surface area contributed by atoms with Gasteiger partial charge in [0.05, 0.1) is 12.0 Å². The molecule has 2 N–H and O–H groups in total. The number of amides is 2. The van der Waals surface area contributed by atoms with Crippen molar-refractivity contribution >= 4 is 29.1 Å². The van der Waals surface area contributed by atoms with E-state index in [2.05, 4.69) is 15.4 Å². The number of nitrogens with one attached hydrogen (secondary N) is 2. The van der Waals surface area contributed by atoms with Gasteiger partial charge in [0.15, 0.2) is 0 Å². The fourth-order valence-corrected chi connectivity index (χ4v) is 2.14. The number of ether oxygens (including phenoxy) is 1. The summed E-state index contributed by atoms with van der Waals surface area (Å²) in [4.78, 5) is 34.9. The minimum atomic E-state index is -0.659. The standard InChI is InChI=1S/C13H18N2O4S/c1-9(13(18)19-2)15-11(16)6-3-7-14-12(17)10-5-4-8-20-10/h4-5,8-9H,3,6-7H2,1-2H3,(H,14,17)(H,15,16). The van der Waals surface area contributed by atoms with Crippen molar-refractivity contribution in [1.82, 2.24) is 10.6 Å². The Morgan fingerprint density at radius 2 is 2.15 bits per heavy atom. The van der Waals surface area contributed by atoms with Gasteiger partial charge < -0.3 is 15.4 Å². The Hall–Kier alpha value is -1.89. The van der Waals surface area contributed by atoms with E-state index >= 15 is 0 Å². The monoisotopic (exact) mass is 298 g/mol. The van der Waals surface area contributed by atoms with E-state index in [1.807, 2.05) is 5.38 Å². The van der Waals surface area contributed by atoms with Crippen LogP contribution in [0.25, 0.3) is 0 Å². The van der Waals surface area contributed by atoms with Gasteiger partial charge in [0.25, 0.3) is 5.91 Å². The predicted octanol–water partition coefficient (Wildman–Crippen LogP) is 0.936. The summed E-state index contributed by atoms with van der Waals surface area (Å²) >= 11 is 1.37. The molecule has 0 aliphatic rings. The summed E-state index contributed by atoms with van der Waals surface area (Å²) in [5, 5.41) is 7.08. The highest BCUT2D eigenvalue weighted by atomic mass is 32.1. The van der Waals surface area contributed by atoms with Gasteiger partial charge in [0.1, 0.15) is 6.04 Å². The topological polar surface area (TPSA) is 84.5 Å². The average Bonchev–Trinajstić information content (AvgIpc) is 2.96. The summed E-state index contributed by atoms with van der Waals surface area (Å²) in [6.45, 7) is 1.97. The molecular formula is C13H18N2O4S. The Morgan fingerprint density at radius 3 is 2.75 bits per heavy atom. The lowest BCUT2D eigenvalue weighted by Gasteiger charge is -2.11. The maximum Gasteiger partial charge on any atom is 0.328 e. The number of carbonyl (C=O) groups excluding carboxylic acids is 3. The van der Waals surface area contributed by atoms with Crippen LogP contribution in [0, 0.1) is 0 Å². The van der Waals surface area contributed by atoms with Crippen molar-refractivity contribution < 1.29 is 19.1 Å². The van der Waals surface area contributed by atoms with E-state index in [9.17, 15) is 14.4 Å².